The van der Waals surface area contributed by atoms with Gasteiger partial charge in [0.2, 0.25) is 0 Å². The number of aliphatic imine (C=N–C) groups is 1. The van der Waals surface area contributed by atoms with E-state index in [1.807, 2.05) is 11.8 Å². The normalized spacial score (nSPS) is 22.2. The number of hydrogen-bond acceptors (Lipinski definition) is 6. The molecule has 0 aromatic heterocycles. The maximum absolute atomic E-state index is 12.5. The molecule has 9 nitrogen and oxygen atoms in total. The van der Waals surface area contributed by atoms with Crippen molar-refractivity contribution in [1.29, 1.82) is 0 Å². The number of piperazine rings is 1. The first-order valence-corrected chi connectivity index (χ1v) is 13.9. The Morgan fingerprint density at radius 1 is 1.11 bits per heavy atom. The molecule has 1 aromatic rings. The number of urea groups is 1. The minimum Gasteiger partial charge on any atom is -0.397 e. The van der Waals surface area contributed by atoms with E-state index >= 15 is 0 Å². The van der Waals surface area contributed by atoms with Crippen LogP contribution in [-0.2, 0) is 10.0 Å². The summed E-state index contributed by atoms with van der Waals surface area (Å²) in [5.41, 5.74) is 8.17. The lowest BCUT2D eigenvalue weighted by Crippen LogP contribution is -2.52. The van der Waals surface area contributed by atoms with Gasteiger partial charge in [-0.15, -0.1) is 0 Å². The van der Waals surface area contributed by atoms with E-state index in [0.717, 1.165) is 57.6 Å². The van der Waals surface area contributed by atoms with Crippen molar-refractivity contribution in [1.82, 2.24) is 20.3 Å². The molecule has 2 amide bonds. The van der Waals surface area contributed by atoms with Crippen LogP contribution in [0.4, 0.5) is 4.79 Å². The van der Waals surface area contributed by atoms with Crippen molar-refractivity contribution < 1.29 is 13.2 Å². The Morgan fingerprint density at radius 2 is 1.75 bits per heavy atom. The van der Waals surface area contributed by atoms with Crippen LogP contribution in [0.15, 0.2) is 76.0 Å². The molecule has 0 spiro atoms. The first-order valence-electron chi connectivity index (χ1n) is 12.4. The summed E-state index contributed by atoms with van der Waals surface area (Å²) in [6.07, 6.45) is 6.97. The van der Waals surface area contributed by atoms with Crippen LogP contribution < -0.4 is 21.1 Å². The van der Waals surface area contributed by atoms with Crippen LogP contribution in [0.25, 0.3) is 0 Å². The van der Waals surface area contributed by atoms with Crippen molar-refractivity contribution in [3.63, 3.8) is 0 Å². The molecule has 36 heavy (non-hydrogen) atoms. The summed E-state index contributed by atoms with van der Waals surface area (Å²) in [6, 6.07) is 8.40. The molecule has 2 fully saturated rings. The van der Waals surface area contributed by atoms with Crippen molar-refractivity contribution in [3.05, 3.63) is 66.2 Å². The average molecular weight is 515 g/mol. The van der Waals surface area contributed by atoms with Gasteiger partial charge >= 0.3 is 6.03 Å². The van der Waals surface area contributed by atoms with Crippen LogP contribution in [0.2, 0.25) is 0 Å². The van der Waals surface area contributed by atoms with Gasteiger partial charge in [0.25, 0.3) is 10.0 Å². The molecule has 3 rings (SSSR count). The van der Waals surface area contributed by atoms with E-state index in [-0.39, 0.29) is 17.0 Å². The molecule has 1 aliphatic heterocycles. The summed E-state index contributed by atoms with van der Waals surface area (Å²) in [5.74, 6) is 0.293. The molecule has 1 saturated carbocycles. The van der Waals surface area contributed by atoms with E-state index in [1.54, 1.807) is 37.3 Å². The molecule has 0 unspecified atom stereocenters. The van der Waals surface area contributed by atoms with Gasteiger partial charge in [-0.2, -0.15) is 0 Å². The zero-order valence-corrected chi connectivity index (χ0v) is 22.0. The second-order valence-electron chi connectivity index (χ2n) is 9.33. The number of hydrogen-bond donors (Lipinski definition) is 4. The molecule has 1 aliphatic carbocycles. The van der Waals surface area contributed by atoms with Crippen LogP contribution in [-0.4, -0.2) is 57.3 Å². The van der Waals surface area contributed by atoms with Gasteiger partial charge in [0.05, 0.1) is 16.3 Å². The van der Waals surface area contributed by atoms with Crippen LogP contribution in [0.5, 0.6) is 0 Å². The lowest BCUT2D eigenvalue weighted by Gasteiger charge is -2.33. The van der Waals surface area contributed by atoms with E-state index in [2.05, 4.69) is 21.9 Å². The van der Waals surface area contributed by atoms with E-state index in [0.29, 0.717) is 23.0 Å². The highest BCUT2D eigenvalue weighted by Crippen LogP contribution is 2.26. The topological polar surface area (TPSA) is 129 Å². The fraction of sp³-hybridized carbons (Fsp3) is 0.462. The second-order valence-corrected chi connectivity index (χ2v) is 11.0. The lowest BCUT2D eigenvalue weighted by molar-refractivity contribution is 0.181. The third kappa shape index (κ3) is 7.96. The van der Waals surface area contributed by atoms with Crippen LogP contribution >= 0.6 is 0 Å². The second kappa shape index (κ2) is 12.7. The summed E-state index contributed by atoms with van der Waals surface area (Å²) in [5, 5.41) is 6.44. The molecule has 1 heterocycles. The number of carbonyl (C=O) groups excluding carboxylic acids is 1. The van der Waals surface area contributed by atoms with E-state index in [9.17, 15) is 13.2 Å². The minimum atomic E-state index is -3.66. The molecule has 5 N–H and O–H groups in total. The number of sulfonamides is 1. The van der Waals surface area contributed by atoms with Gasteiger partial charge in [-0.05, 0) is 69.7 Å². The number of rotatable bonds is 8. The number of allylic oxidation sites excluding steroid dienone is 3. The summed E-state index contributed by atoms with van der Waals surface area (Å²) in [7, 11) is -3.66. The number of benzene rings is 1. The Kier molecular flexibility index (Phi) is 9.72. The van der Waals surface area contributed by atoms with Crippen molar-refractivity contribution in [2.45, 2.75) is 50.5 Å². The summed E-state index contributed by atoms with van der Waals surface area (Å²) in [6.45, 7) is 10.6. The Labute approximate surface area is 214 Å². The first-order chi connectivity index (χ1) is 17.2. The third-order valence-electron chi connectivity index (χ3n) is 6.52. The zero-order valence-electron chi connectivity index (χ0n) is 21.2. The number of carbonyl (C=O) groups is 1. The Bertz CT molecular complexity index is 1110. The molecule has 1 saturated heterocycles. The van der Waals surface area contributed by atoms with Crippen molar-refractivity contribution in [3.8, 4) is 0 Å². The predicted molar refractivity (Wildman–Crippen MR) is 144 cm³/mol. The highest BCUT2D eigenvalue weighted by molar-refractivity contribution is 7.89. The summed E-state index contributed by atoms with van der Waals surface area (Å²) < 4.78 is 27.6. The number of nitrogens with zero attached hydrogens (tertiary/aromatic N) is 2. The third-order valence-corrected chi connectivity index (χ3v) is 8.00. The summed E-state index contributed by atoms with van der Waals surface area (Å²) >= 11 is 0. The average Bonchev–Trinajstić information content (AvgIpc) is 2.87. The molecular weight excluding hydrogens is 476 g/mol. The molecule has 2 aliphatic rings. The van der Waals surface area contributed by atoms with Crippen LogP contribution in [0.1, 0.15) is 39.5 Å². The highest BCUT2D eigenvalue weighted by atomic mass is 32.2. The zero-order chi connectivity index (χ0) is 26.1. The fourth-order valence-electron chi connectivity index (χ4n) is 4.40. The van der Waals surface area contributed by atoms with Gasteiger partial charge in [-0.25, -0.2) is 13.2 Å². The van der Waals surface area contributed by atoms with Crippen molar-refractivity contribution in [2.24, 2.45) is 16.6 Å². The van der Waals surface area contributed by atoms with Gasteiger partial charge < -0.3 is 21.3 Å². The molecule has 10 heteroatoms. The largest absolute Gasteiger partial charge is 0.397 e. The molecule has 0 atom stereocenters. The quantitative estimate of drug-likeness (QED) is 0.313. The van der Waals surface area contributed by atoms with Gasteiger partial charge in [0, 0.05) is 43.6 Å². The standard InChI is InChI=1S/C26H38N6O3S/c1-19(31-36(34,35)24-7-5-4-6-8-24)9-14-25(20(2)27)29-21(3)22-10-12-23(13-11-22)30-26(33)32-17-15-28-16-18-32/h4-9,14,22-23,28,31H,2,10-13,15-18,27H2,1,3H3,(H,30,33)/b19-9+,25-14+,29-21?. The van der Waals surface area contributed by atoms with Crippen LogP contribution in [0, 0.1) is 5.92 Å². The minimum absolute atomic E-state index is 0.0278. The molecule has 196 valence electrons. The van der Waals surface area contributed by atoms with Gasteiger partial charge in [0.1, 0.15) is 0 Å². The molecular formula is C26H38N6O3S. The molecule has 1 aromatic carbocycles. The predicted octanol–water partition coefficient (Wildman–Crippen LogP) is 2.86. The van der Waals surface area contributed by atoms with Gasteiger partial charge in [-0.1, -0.05) is 24.8 Å². The fourth-order valence-corrected chi connectivity index (χ4v) is 5.52. The van der Waals surface area contributed by atoms with Crippen molar-refractivity contribution in [2.75, 3.05) is 26.2 Å². The number of nitrogens with one attached hydrogen (secondary N) is 3. The molecule has 0 bridgehead atoms. The smallest absolute Gasteiger partial charge is 0.317 e. The SMILES string of the molecule is C=C(N)/C(=C\C=C(/C)NS(=O)(=O)c1ccccc1)N=C(C)C1CCC(NC(=O)N2CCNCC2)CC1. The summed E-state index contributed by atoms with van der Waals surface area (Å²) in [4.78, 5) is 19.3. The Hall–Kier alpha value is -3.11. The maximum Gasteiger partial charge on any atom is 0.317 e. The number of nitrogens with two attached hydrogens (primary N) is 1. The van der Waals surface area contributed by atoms with Crippen molar-refractivity contribution >= 4 is 21.8 Å². The Morgan fingerprint density at radius 3 is 2.36 bits per heavy atom. The van der Waals surface area contributed by atoms with E-state index in [1.165, 1.54) is 12.1 Å². The van der Waals surface area contributed by atoms with E-state index in [4.69, 9.17) is 10.7 Å². The first kappa shape index (κ1) is 27.5. The monoisotopic (exact) mass is 514 g/mol. The number of amides is 2. The van der Waals surface area contributed by atoms with Crippen LogP contribution in [0.3, 0.4) is 0 Å². The Balaban J connectivity index is 1.58. The molecule has 0 radical (unpaired) electrons. The highest BCUT2D eigenvalue weighted by Gasteiger charge is 2.26. The van der Waals surface area contributed by atoms with E-state index < -0.39 is 10.0 Å². The van der Waals surface area contributed by atoms with Gasteiger partial charge in [-0.3, -0.25) is 9.71 Å². The van der Waals surface area contributed by atoms with Gasteiger partial charge in [0.15, 0.2) is 0 Å². The maximum atomic E-state index is 12.5. The lowest BCUT2D eigenvalue weighted by atomic mass is 9.83.